The van der Waals surface area contributed by atoms with Gasteiger partial charge >= 0.3 is 6.09 Å². The minimum absolute atomic E-state index is 0.0542. The number of aromatic nitrogens is 1. The van der Waals surface area contributed by atoms with Crippen molar-refractivity contribution in [1.29, 1.82) is 0 Å². The molecule has 26 heavy (non-hydrogen) atoms. The van der Waals surface area contributed by atoms with Crippen LogP contribution in [0.1, 0.15) is 23.7 Å². The van der Waals surface area contributed by atoms with Crippen LogP contribution >= 0.6 is 11.6 Å². The number of rotatable bonds is 4. The molecule has 2 aromatic rings. The lowest BCUT2D eigenvalue weighted by Gasteiger charge is -2.14. The number of pyridine rings is 1. The Hall–Kier alpha value is -2.87. The summed E-state index contributed by atoms with van der Waals surface area (Å²) in [5, 5.41) is 13.8. The molecule has 1 aromatic heterocycles. The summed E-state index contributed by atoms with van der Waals surface area (Å²) in [5.41, 5.74) is 0.261. The molecule has 3 rings (SSSR count). The predicted octanol–water partition coefficient (Wildman–Crippen LogP) is 3.10. The molecule has 0 radical (unpaired) electrons. The number of carbonyl (C=O) groups excluding carboxylic acids is 2. The fourth-order valence-corrected chi connectivity index (χ4v) is 2.65. The standard InChI is InChI=1S/C17H15ClFN3O4/c1-2-12-9-21(17(24)26-12)11-4-5-13(14(19)7-11)16(23)20-10-3-6-15(18)22(25)8-10/h3-8,12H,2,9H2,1H3,(H,20,23). The van der Waals surface area contributed by atoms with Crippen LogP contribution in [0.3, 0.4) is 0 Å². The number of anilines is 2. The van der Waals surface area contributed by atoms with E-state index in [1.165, 1.54) is 29.2 Å². The molecular formula is C17H15ClFN3O4. The number of halogens is 2. The van der Waals surface area contributed by atoms with Crippen LogP contribution in [0.2, 0.25) is 5.15 Å². The lowest BCUT2D eigenvalue weighted by molar-refractivity contribution is -0.602. The van der Waals surface area contributed by atoms with Gasteiger partial charge in [0.1, 0.15) is 17.6 Å². The zero-order valence-corrected chi connectivity index (χ0v) is 14.5. The summed E-state index contributed by atoms with van der Waals surface area (Å²) in [7, 11) is 0. The van der Waals surface area contributed by atoms with Gasteiger partial charge < -0.3 is 15.3 Å². The van der Waals surface area contributed by atoms with Crippen molar-refractivity contribution < 1.29 is 23.4 Å². The van der Waals surface area contributed by atoms with E-state index in [0.29, 0.717) is 23.4 Å². The van der Waals surface area contributed by atoms with Gasteiger partial charge in [-0.25, -0.2) is 9.18 Å². The molecule has 0 bridgehead atoms. The van der Waals surface area contributed by atoms with Gasteiger partial charge in [0.25, 0.3) is 11.1 Å². The Kier molecular flexibility index (Phi) is 4.94. The summed E-state index contributed by atoms with van der Waals surface area (Å²) in [6.45, 7) is 2.21. The minimum atomic E-state index is -0.795. The van der Waals surface area contributed by atoms with E-state index >= 15 is 0 Å². The average Bonchev–Trinajstić information content (AvgIpc) is 2.99. The highest BCUT2D eigenvalue weighted by molar-refractivity contribution is 6.28. The lowest BCUT2D eigenvalue weighted by Crippen LogP contribution is -2.28. The van der Waals surface area contributed by atoms with E-state index in [9.17, 15) is 19.2 Å². The molecule has 9 heteroatoms. The number of nitrogens with zero attached hydrogens (tertiary/aromatic N) is 2. The first kappa shape index (κ1) is 17.9. The quantitative estimate of drug-likeness (QED) is 0.502. The minimum Gasteiger partial charge on any atom is -0.618 e. The number of amides is 2. The predicted molar refractivity (Wildman–Crippen MR) is 92.7 cm³/mol. The van der Waals surface area contributed by atoms with Crippen LogP contribution in [-0.4, -0.2) is 24.6 Å². The smallest absolute Gasteiger partial charge is 0.414 e. The summed E-state index contributed by atoms with van der Waals surface area (Å²) < 4.78 is 19.9. The highest BCUT2D eigenvalue weighted by atomic mass is 35.5. The van der Waals surface area contributed by atoms with Crippen LogP contribution < -0.4 is 14.9 Å². The summed E-state index contributed by atoms with van der Waals surface area (Å²) in [6, 6.07) is 6.57. The SMILES string of the molecule is CCC1CN(c2ccc(C(=O)Nc3ccc(Cl)[n+]([O-])c3)c(F)c2)C(=O)O1. The second kappa shape index (κ2) is 7.17. The fourth-order valence-electron chi connectivity index (χ4n) is 2.54. The highest BCUT2D eigenvalue weighted by Gasteiger charge is 2.31. The summed E-state index contributed by atoms with van der Waals surface area (Å²) in [6.07, 6.45) is 0.941. The number of carbonyl (C=O) groups is 2. The molecule has 1 fully saturated rings. The zero-order valence-electron chi connectivity index (χ0n) is 13.7. The maximum Gasteiger partial charge on any atom is 0.414 e. The third kappa shape index (κ3) is 3.55. The van der Waals surface area contributed by atoms with Crippen LogP contribution in [0, 0.1) is 11.0 Å². The van der Waals surface area contributed by atoms with Gasteiger partial charge in [0.15, 0.2) is 0 Å². The number of benzene rings is 1. The maximum atomic E-state index is 14.4. The first-order valence-corrected chi connectivity index (χ1v) is 8.24. The third-order valence-electron chi connectivity index (χ3n) is 3.96. The van der Waals surface area contributed by atoms with Crippen molar-refractivity contribution in [2.24, 2.45) is 0 Å². The van der Waals surface area contributed by atoms with E-state index < -0.39 is 17.8 Å². The molecule has 1 aliphatic rings. The number of nitrogens with one attached hydrogen (secondary N) is 1. The Morgan fingerprint density at radius 1 is 1.46 bits per heavy atom. The van der Waals surface area contributed by atoms with Crippen LogP contribution in [0.5, 0.6) is 0 Å². The van der Waals surface area contributed by atoms with Gasteiger partial charge in [0, 0.05) is 6.07 Å². The van der Waals surface area contributed by atoms with E-state index in [1.807, 2.05) is 6.92 Å². The van der Waals surface area contributed by atoms with Gasteiger partial charge in [0.05, 0.1) is 17.8 Å². The number of cyclic esters (lactones) is 1. The normalized spacial score (nSPS) is 16.5. The first-order valence-electron chi connectivity index (χ1n) is 7.86. The average molecular weight is 380 g/mol. The summed E-state index contributed by atoms with van der Waals surface area (Å²) >= 11 is 5.61. The monoisotopic (exact) mass is 379 g/mol. The molecule has 1 aliphatic heterocycles. The molecule has 7 nitrogen and oxygen atoms in total. The number of ether oxygens (including phenoxy) is 1. The second-order valence-corrected chi connectivity index (χ2v) is 6.10. The van der Waals surface area contributed by atoms with E-state index in [0.717, 1.165) is 12.3 Å². The van der Waals surface area contributed by atoms with E-state index in [4.69, 9.17) is 16.3 Å². The van der Waals surface area contributed by atoms with Gasteiger partial charge in [-0.1, -0.05) is 6.92 Å². The first-order chi connectivity index (χ1) is 12.4. The fraction of sp³-hybridized carbons (Fsp3) is 0.235. The van der Waals surface area contributed by atoms with Crippen LogP contribution in [0.15, 0.2) is 36.5 Å². The molecule has 1 aromatic carbocycles. The molecule has 136 valence electrons. The summed E-state index contributed by atoms with van der Waals surface area (Å²) in [4.78, 5) is 25.4. The van der Waals surface area contributed by atoms with E-state index in [2.05, 4.69) is 5.32 Å². The van der Waals surface area contributed by atoms with Gasteiger partial charge in [-0.3, -0.25) is 9.69 Å². The Morgan fingerprint density at radius 3 is 2.85 bits per heavy atom. The van der Waals surface area contributed by atoms with Crippen molar-refractivity contribution in [3.8, 4) is 0 Å². The molecule has 0 aliphatic carbocycles. The van der Waals surface area contributed by atoms with E-state index in [1.54, 1.807) is 0 Å². The highest BCUT2D eigenvalue weighted by Crippen LogP contribution is 2.25. The molecule has 0 spiro atoms. The molecule has 0 saturated carbocycles. The number of hydrogen-bond donors (Lipinski definition) is 1. The van der Waals surface area contributed by atoms with Gasteiger partial charge in [-0.05, 0) is 42.3 Å². The summed E-state index contributed by atoms with van der Waals surface area (Å²) in [5.74, 6) is -1.52. The van der Waals surface area contributed by atoms with Crippen molar-refractivity contribution in [2.75, 3.05) is 16.8 Å². The van der Waals surface area contributed by atoms with Crippen molar-refractivity contribution in [3.05, 3.63) is 58.3 Å². The topological polar surface area (TPSA) is 85.6 Å². The van der Waals surface area contributed by atoms with E-state index in [-0.39, 0.29) is 22.5 Å². The van der Waals surface area contributed by atoms with Crippen LogP contribution in [0.25, 0.3) is 0 Å². The zero-order chi connectivity index (χ0) is 18.8. The maximum absolute atomic E-state index is 14.4. The van der Waals surface area contributed by atoms with Crippen molar-refractivity contribution in [3.63, 3.8) is 0 Å². The molecule has 1 N–H and O–H groups in total. The Labute approximate surface area is 153 Å². The Morgan fingerprint density at radius 2 is 2.23 bits per heavy atom. The second-order valence-electron chi connectivity index (χ2n) is 5.71. The van der Waals surface area contributed by atoms with Crippen molar-refractivity contribution >= 4 is 35.0 Å². The molecule has 2 amide bonds. The van der Waals surface area contributed by atoms with Crippen molar-refractivity contribution in [1.82, 2.24) is 0 Å². The molecular weight excluding hydrogens is 365 g/mol. The molecule has 1 unspecified atom stereocenters. The Bertz CT molecular complexity index is 877. The number of hydrogen-bond acceptors (Lipinski definition) is 4. The molecule has 1 atom stereocenters. The third-order valence-corrected chi connectivity index (χ3v) is 4.26. The van der Waals surface area contributed by atoms with Gasteiger partial charge in [-0.15, -0.1) is 0 Å². The van der Waals surface area contributed by atoms with Gasteiger partial charge in [-0.2, -0.15) is 4.73 Å². The molecule has 2 heterocycles. The lowest BCUT2D eigenvalue weighted by atomic mass is 10.1. The molecule has 1 saturated heterocycles. The van der Waals surface area contributed by atoms with Crippen molar-refractivity contribution in [2.45, 2.75) is 19.4 Å². The largest absolute Gasteiger partial charge is 0.618 e. The van der Waals surface area contributed by atoms with Crippen LogP contribution in [-0.2, 0) is 4.74 Å². The van der Waals surface area contributed by atoms with Crippen LogP contribution in [0.4, 0.5) is 20.6 Å². The Balaban J connectivity index is 1.78. The van der Waals surface area contributed by atoms with Gasteiger partial charge in [0.2, 0.25) is 6.20 Å².